The summed E-state index contributed by atoms with van der Waals surface area (Å²) in [6.45, 7) is 4.35. The first-order valence-electron chi connectivity index (χ1n) is 13.9. The van der Waals surface area contributed by atoms with E-state index in [1.807, 2.05) is 18.2 Å². The molecule has 10 nitrogen and oxygen atoms in total. The third kappa shape index (κ3) is 5.01. The SMILES string of the molecule is CC(=O)OCc1c(-c2cc(Nc3ccnc(C)n3)c(=O)n(C)c2)cccc1N1CCn2c(cc3c2CCCC3)C1=O. The second-order valence-corrected chi connectivity index (χ2v) is 10.6. The lowest BCUT2D eigenvalue weighted by atomic mass is 9.98. The van der Waals surface area contributed by atoms with Crippen LogP contribution in [-0.2, 0) is 42.6 Å². The van der Waals surface area contributed by atoms with Gasteiger partial charge >= 0.3 is 5.97 Å². The molecule has 2 aliphatic rings. The first kappa shape index (κ1) is 26.5. The summed E-state index contributed by atoms with van der Waals surface area (Å²) < 4.78 is 9.18. The Kier molecular flexibility index (Phi) is 6.90. The van der Waals surface area contributed by atoms with Crippen molar-refractivity contribution in [2.24, 2.45) is 7.05 Å². The van der Waals surface area contributed by atoms with Gasteiger partial charge in [0.15, 0.2) is 0 Å². The minimum Gasteiger partial charge on any atom is -0.461 e. The molecular formula is C31H32N6O4. The molecule has 0 fully saturated rings. The minimum atomic E-state index is -0.417. The van der Waals surface area contributed by atoms with Crippen molar-refractivity contribution >= 4 is 29.1 Å². The number of hydrogen-bond donors (Lipinski definition) is 1. The molecule has 210 valence electrons. The van der Waals surface area contributed by atoms with Crippen LogP contribution in [0, 0.1) is 6.92 Å². The molecule has 0 saturated carbocycles. The summed E-state index contributed by atoms with van der Waals surface area (Å²) in [5.74, 6) is 0.607. The Morgan fingerprint density at radius 2 is 1.93 bits per heavy atom. The Morgan fingerprint density at radius 1 is 1.10 bits per heavy atom. The average Bonchev–Trinajstić information content (AvgIpc) is 3.34. The van der Waals surface area contributed by atoms with Gasteiger partial charge in [0.25, 0.3) is 11.5 Å². The molecule has 6 rings (SSSR count). The summed E-state index contributed by atoms with van der Waals surface area (Å²) in [5.41, 5.74) is 6.26. The topological polar surface area (TPSA) is 111 Å². The lowest BCUT2D eigenvalue weighted by Crippen LogP contribution is -2.41. The first-order chi connectivity index (χ1) is 19.8. The second-order valence-electron chi connectivity index (χ2n) is 10.6. The van der Waals surface area contributed by atoms with Gasteiger partial charge < -0.3 is 24.1 Å². The zero-order chi connectivity index (χ0) is 28.7. The smallest absolute Gasteiger partial charge is 0.302 e. The van der Waals surface area contributed by atoms with Gasteiger partial charge in [-0.1, -0.05) is 12.1 Å². The van der Waals surface area contributed by atoms with Crippen molar-refractivity contribution in [1.82, 2.24) is 19.1 Å². The van der Waals surface area contributed by atoms with Crippen molar-refractivity contribution < 1.29 is 14.3 Å². The largest absolute Gasteiger partial charge is 0.461 e. The summed E-state index contributed by atoms with van der Waals surface area (Å²) >= 11 is 0. The van der Waals surface area contributed by atoms with E-state index in [4.69, 9.17) is 4.74 Å². The van der Waals surface area contributed by atoms with Gasteiger partial charge in [-0.05, 0) is 68.0 Å². The fraction of sp³-hybridized carbons (Fsp3) is 0.323. The second kappa shape index (κ2) is 10.7. The quantitative estimate of drug-likeness (QED) is 0.355. The molecule has 1 aliphatic carbocycles. The van der Waals surface area contributed by atoms with Crippen molar-refractivity contribution in [1.29, 1.82) is 0 Å². The molecule has 1 amide bonds. The number of nitrogens with zero attached hydrogens (tertiary/aromatic N) is 5. The fourth-order valence-electron chi connectivity index (χ4n) is 5.90. The number of anilines is 3. The van der Waals surface area contributed by atoms with Crippen molar-refractivity contribution in [3.8, 4) is 11.1 Å². The molecule has 0 spiro atoms. The Morgan fingerprint density at radius 3 is 2.73 bits per heavy atom. The number of hydrogen-bond acceptors (Lipinski definition) is 7. The summed E-state index contributed by atoms with van der Waals surface area (Å²) in [6.07, 6.45) is 7.68. The lowest BCUT2D eigenvalue weighted by molar-refractivity contribution is -0.142. The van der Waals surface area contributed by atoms with Gasteiger partial charge in [-0.2, -0.15) is 0 Å². The van der Waals surface area contributed by atoms with Crippen LogP contribution in [-0.4, -0.2) is 37.5 Å². The maximum Gasteiger partial charge on any atom is 0.302 e. The Hall–Kier alpha value is -4.73. The van der Waals surface area contributed by atoms with Gasteiger partial charge in [0.1, 0.15) is 29.6 Å². The predicted molar refractivity (Wildman–Crippen MR) is 155 cm³/mol. The number of pyridine rings is 1. The zero-order valence-electron chi connectivity index (χ0n) is 23.4. The van der Waals surface area contributed by atoms with Gasteiger partial charge in [-0.15, -0.1) is 0 Å². The van der Waals surface area contributed by atoms with Crippen LogP contribution >= 0.6 is 0 Å². The number of fused-ring (bicyclic) bond motifs is 3. The van der Waals surface area contributed by atoms with Crippen LogP contribution < -0.4 is 15.8 Å². The molecule has 0 saturated heterocycles. The van der Waals surface area contributed by atoms with Crippen molar-refractivity contribution in [3.63, 3.8) is 0 Å². The summed E-state index contributed by atoms with van der Waals surface area (Å²) in [5, 5.41) is 3.12. The van der Waals surface area contributed by atoms with Crippen LogP contribution in [0.2, 0.25) is 0 Å². The van der Waals surface area contributed by atoms with Crippen molar-refractivity contribution in [3.05, 3.63) is 87.5 Å². The van der Waals surface area contributed by atoms with Gasteiger partial charge in [0.2, 0.25) is 0 Å². The van der Waals surface area contributed by atoms with E-state index < -0.39 is 5.97 Å². The number of esters is 1. The van der Waals surface area contributed by atoms with Gasteiger partial charge in [-0.3, -0.25) is 14.4 Å². The zero-order valence-corrected chi connectivity index (χ0v) is 23.4. The Balaban J connectivity index is 1.43. The van der Waals surface area contributed by atoms with E-state index in [0.29, 0.717) is 47.4 Å². The number of rotatable bonds is 6. The molecule has 10 heteroatoms. The minimum absolute atomic E-state index is 0.0150. The number of benzene rings is 1. The summed E-state index contributed by atoms with van der Waals surface area (Å²) in [4.78, 5) is 49.1. The number of aryl methyl sites for hydroxylation is 3. The van der Waals surface area contributed by atoms with Crippen LogP contribution in [0.3, 0.4) is 0 Å². The van der Waals surface area contributed by atoms with Crippen molar-refractivity contribution in [2.45, 2.75) is 52.7 Å². The van der Waals surface area contributed by atoms with Crippen LogP contribution in [0.5, 0.6) is 0 Å². The number of carbonyl (C=O) groups is 2. The molecule has 0 bridgehead atoms. The van der Waals surface area contributed by atoms with Crippen molar-refractivity contribution in [2.75, 3.05) is 16.8 Å². The fourth-order valence-corrected chi connectivity index (χ4v) is 5.90. The predicted octanol–water partition coefficient (Wildman–Crippen LogP) is 4.30. The molecule has 41 heavy (non-hydrogen) atoms. The molecule has 3 aromatic heterocycles. The van der Waals surface area contributed by atoms with Gasteiger partial charge in [0.05, 0.1) is 5.69 Å². The molecule has 0 radical (unpaired) electrons. The van der Waals surface area contributed by atoms with Crippen LogP contribution in [0.25, 0.3) is 11.1 Å². The Bertz CT molecular complexity index is 1740. The maximum absolute atomic E-state index is 13.9. The molecule has 0 atom stereocenters. The van der Waals surface area contributed by atoms with Crippen LogP contribution in [0.15, 0.2) is 53.6 Å². The number of carbonyl (C=O) groups excluding carboxylic acids is 2. The van der Waals surface area contributed by atoms with Crippen LogP contribution in [0.1, 0.15) is 52.9 Å². The highest BCUT2D eigenvalue weighted by atomic mass is 16.5. The number of ether oxygens (including phenoxy) is 1. The third-order valence-corrected chi connectivity index (χ3v) is 7.81. The standard InChI is InChI=1S/C31H32N6O4/c1-19-32-12-11-29(33-19)34-25-15-22(17-35(3)30(25)39)23-8-6-10-27(24(23)18-41-20(2)38)37-14-13-36-26-9-5-4-7-21(26)16-28(36)31(37)40/h6,8,10-12,15-17H,4-5,7,9,13-14,18H2,1-3H3,(H,32,33,34). The molecule has 1 aliphatic heterocycles. The van der Waals surface area contributed by atoms with Gasteiger partial charge in [-0.25, -0.2) is 9.97 Å². The summed E-state index contributed by atoms with van der Waals surface area (Å²) in [7, 11) is 1.68. The number of amides is 1. The number of nitrogens with one attached hydrogen (secondary N) is 1. The molecule has 1 aromatic carbocycles. The van der Waals surface area contributed by atoms with Crippen LogP contribution in [0.4, 0.5) is 17.2 Å². The maximum atomic E-state index is 13.9. The van der Waals surface area contributed by atoms with E-state index >= 15 is 0 Å². The van der Waals surface area contributed by atoms with E-state index in [2.05, 4.69) is 25.9 Å². The first-order valence-corrected chi connectivity index (χ1v) is 13.9. The third-order valence-electron chi connectivity index (χ3n) is 7.81. The number of aromatic nitrogens is 4. The summed E-state index contributed by atoms with van der Waals surface area (Å²) in [6, 6.07) is 11.2. The normalized spacial score (nSPS) is 14.4. The Labute approximate surface area is 237 Å². The molecule has 1 N–H and O–H groups in total. The molecule has 4 heterocycles. The monoisotopic (exact) mass is 552 g/mol. The van der Waals surface area contributed by atoms with E-state index in [9.17, 15) is 14.4 Å². The lowest BCUT2D eigenvalue weighted by Gasteiger charge is -2.32. The molecule has 4 aromatic rings. The van der Waals surface area contributed by atoms with E-state index in [1.165, 1.54) is 22.7 Å². The highest BCUT2D eigenvalue weighted by molar-refractivity contribution is 6.07. The van der Waals surface area contributed by atoms with E-state index in [0.717, 1.165) is 36.8 Å². The average molecular weight is 553 g/mol. The molecule has 0 unspecified atom stereocenters. The highest BCUT2D eigenvalue weighted by Gasteiger charge is 2.32. The highest BCUT2D eigenvalue weighted by Crippen LogP contribution is 2.36. The van der Waals surface area contributed by atoms with E-state index in [-0.39, 0.29) is 18.1 Å². The van der Waals surface area contributed by atoms with Gasteiger partial charge in [0, 0.05) is 56.3 Å². The van der Waals surface area contributed by atoms with E-state index in [1.54, 1.807) is 43.4 Å². The molecular weight excluding hydrogens is 520 g/mol.